The van der Waals surface area contributed by atoms with Gasteiger partial charge in [0.05, 0.1) is 33.0 Å². The van der Waals surface area contributed by atoms with E-state index >= 15 is 0 Å². The van der Waals surface area contributed by atoms with Gasteiger partial charge in [-0.05, 0) is 24.3 Å². The average Bonchev–Trinajstić information content (AvgIpc) is 2.90. The van der Waals surface area contributed by atoms with Gasteiger partial charge < -0.3 is 24.0 Å². The maximum atomic E-state index is 10.7. The van der Waals surface area contributed by atoms with E-state index in [1.165, 1.54) is 70.6 Å². The van der Waals surface area contributed by atoms with Crippen LogP contribution in [0.25, 0.3) is 10.8 Å². The fourth-order valence-electron chi connectivity index (χ4n) is 4.52. The highest BCUT2D eigenvalue weighted by Gasteiger charge is 2.14. The quantitative estimate of drug-likeness (QED) is 0.101. The number of phosphoric ester groups is 1. The van der Waals surface area contributed by atoms with Crippen molar-refractivity contribution in [3.63, 3.8) is 0 Å². The molecule has 0 radical (unpaired) electrons. The van der Waals surface area contributed by atoms with Gasteiger partial charge in [0.1, 0.15) is 11.9 Å². The molecule has 38 heavy (non-hydrogen) atoms. The minimum atomic E-state index is -4.45. The van der Waals surface area contributed by atoms with Crippen molar-refractivity contribution in [2.45, 2.75) is 96.5 Å². The molecule has 0 saturated carbocycles. The van der Waals surface area contributed by atoms with Gasteiger partial charge in [-0.15, -0.1) is 0 Å². The van der Waals surface area contributed by atoms with Crippen LogP contribution in [0.4, 0.5) is 0 Å². The molecule has 0 bridgehead atoms. The lowest BCUT2D eigenvalue weighted by Gasteiger charge is -2.20. The Morgan fingerprint density at radius 1 is 0.711 bits per heavy atom. The molecule has 1 atom stereocenters. The van der Waals surface area contributed by atoms with Gasteiger partial charge in [0.15, 0.2) is 0 Å². The van der Waals surface area contributed by atoms with Gasteiger partial charge in [0.2, 0.25) is 0 Å². The summed E-state index contributed by atoms with van der Waals surface area (Å²) < 4.78 is 32.7. The first-order chi connectivity index (χ1) is 18.5. The normalized spacial score (nSPS) is 12.7. The zero-order valence-corrected chi connectivity index (χ0v) is 24.1. The zero-order chi connectivity index (χ0) is 27.3. The summed E-state index contributed by atoms with van der Waals surface area (Å²) in [5, 5.41) is 2.25. The fraction of sp³-hybridized carbons (Fsp3) is 0.667. The predicted octanol–water partition coefficient (Wildman–Crippen LogP) is 7.82. The molecule has 0 amide bonds. The molecule has 0 aliphatic rings. The SMILES string of the molecule is CCCCCCCCCCCCCCC(COCCOCCOP(=O)(O)O)Oc1cccc2ccccc12. The van der Waals surface area contributed by atoms with Crippen LogP contribution in [-0.4, -0.2) is 48.9 Å². The van der Waals surface area contributed by atoms with Crippen molar-refractivity contribution < 1.29 is 33.1 Å². The topological polar surface area (TPSA) is 94.5 Å². The summed E-state index contributed by atoms with van der Waals surface area (Å²) in [6.45, 7) is 3.37. The van der Waals surface area contributed by atoms with Crippen molar-refractivity contribution in [1.29, 1.82) is 0 Å². The Morgan fingerprint density at radius 2 is 1.29 bits per heavy atom. The summed E-state index contributed by atoms with van der Waals surface area (Å²) in [4.78, 5) is 17.4. The predicted molar refractivity (Wildman–Crippen MR) is 154 cm³/mol. The minimum Gasteiger partial charge on any atom is -0.487 e. The van der Waals surface area contributed by atoms with Crippen LogP contribution in [0.5, 0.6) is 5.75 Å². The molecule has 0 aliphatic carbocycles. The molecule has 0 spiro atoms. The molecule has 2 rings (SSSR count). The Bertz CT molecular complexity index is 896. The Morgan fingerprint density at radius 3 is 1.97 bits per heavy atom. The lowest BCUT2D eigenvalue weighted by molar-refractivity contribution is 0.00254. The van der Waals surface area contributed by atoms with Gasteiger partial charge in [-0.1, -0.05) is 114 Å². The van der Waals surface area contributed by atoms with Gasteiger partial charge in [-0.25, -0.2) is 4.57 Å². The number of benzene rings is 2. The third kappa shape index (κ3) is 15.8. The molecule has 0 aliphatic heterocycles. The summed E-state index contributed by atoms with van der Waals surface area (Å²) >= 11 is 0. The Labute approximate surface area is 229 Å². The lowest BCUT2D eigenvalue weighted by atomic mass is 10.0. The van der Waals surface area contributed by atoms with E-state index in [4.69, 9.17) is 24.0 Å². The second-order valence-electron chi connectivity index (χ2n) is 9.91. The van der Waals surface area contributed by atoms with Crippen LogP contribution >= 0.6 is 7.82 Å². The second kappa shape index (κ2) is 20.4. The van der Waals surface area contributed by atoms with Gasteiger partial charge in [0.25, 0.3) is 0 Å². The van der Waals surface area contributed by atoms with Gasteiger partial charge in [-0.3, -0.25) is 4.52 Å². The first-order valence-electron chi connectivity index (χ1n) is 14.5. The average molecular weight is 553 g/mol. The molecule has 216 valence electrons. The summed E-state index contributed by atoms with van der Waals surface area (Å²) in [7, 11) is -4.45. The van der Waals surface area contributed by atoms with Gasteiger partial charge in [0, 0.05) is 5.39 Å². The van der Waals surface area contributed by atoms with E-state index in [1.54, 1.807) is 0 Å². The van der Waals surface area contributed by atoms with Crippen molar-refractivity contribution in [2.75, 3.05) is 33.0 Å². The molecule has 0 saturated heterocycles. The second-order valence-corrected chi connectivity index (χ2v) is 11.1. The molecule has 2 aromatic carbocycles. The molecule has 2 aromatic rings. The number of ether oxygens (including phenoxy) is 3. The van der Waals surface area contributed by atoms with Crippen LogP contribution < -0.4 is 4.74 Å². The highest BCUT2D eigenvalue weighted by molar-refractivity contribution is 7.46. The molecular formula is C30H49O7P. The van der Waals surface area contributed by atoms with E-state index < -0.39 is 7.82 Å². The van der Waals surface area contributed by atoms with Crippen molar-refractivity contribution in [1.82, 2.24) is 0 Å². The number of hydrogen-bond donors (Lipinski definition) is 2. The fourth-order valence-corrected chi connectivity index (χ4v) is 4.83. The number of unbranched alkanes of at least 4 members (excludes halogenated alkanes) is 11. The molecule has 0 heterocycles. The van der Waals surface area contributed by atoms with Crippen LogP contribution in [0.15, 0.2) is 42.5 Å². The van der Waals surface area contributed by atoms with Crippen molar-refractivity contribution >= 4 is 18.6 Å². The van der Waals surface area contributed by atoms with E-state index in [0.29, 0.717) is 19.8 Å². The van der Waals surface area contributed by atoms with E-state index in [2.05, 4.69) is 29.6 Å². The molecule has 1 unspecified atom stereocenters. The highest BCUT2D eigenvalue weighted by Crippen LogP contribution is 2.35. The molecular weight excluding hydrogens is 503 g/mol. The van der Waals surface area contributed by atoms with Gasteiger partial charge >= 0.3 is 7.82 Å². The Hall–Kier alpha value is -1.47. The summed E-state index contributed by atoms with van der Waals surface area (Å²) in [6, 6.07) is 14.4. The number of hydrogen-bond acceptors (Lipinski definition) is 5. The Balaban J connectivity index is 1.68. The zero-order valence-electron chi connectivity index (χ0n) is 23.2. The molecule has 8 heteroatoms. The van der Waals surface area contributed by atoms with E-state index in [9.17, 15) is 4.57 Å². The molecule has 0 fully saturated rings. The van der Waals surface area contributed by atoms with Crippen LogP contribution in [0, 0.1) is 0 Å². The van der Waals surface area contributed by atoms with Crippen LogP contribution in [0.1, 0.15) is 90.4 Å². The van der Waals surface area contributed by atoms with E-state index in [1.807, 2.05) is 24.3 Å². The monoisotopic (exact) mass is 552 g/mol. The third-order valence-corrected chi connectivity index (χ3v) is 7.10. The summed E-state index contributed by atoms with van der Waals surface area (Å²) in [5.74, 6) is 0.876. The Kier molecular flexibility index (Phi) is 17.6. The maximum absolute atomic E-state index is 10.7. The van der Waals surface area contributed by atoms with Crippen molar-refractivity contribution in [3.05, 3.63) is 42.5 Å². The van der Waals surface area contributed by atoms with Crippen LogP contribution in [0.3, 0.4) is 0 Å². The van der Waals surface area contributed by atoms with Crippen molar-refractivity contribution in [2.24, 2.45) is 0 Å². The highest BCUT2D eigenvalue weighted by atomic mass is 31.2. The van der Waals surface area contributed by atoms with E-state index in [-0.39, 0.29) is 19.3 Å². The number of fused-ring (bicyclic) bond motifs is 1. The maximum Gasteiger partial charge on any atom is 0.469 e. The van der Waals surface area contributed by atoms with E-state index in [0.717, 1.165) is 29.4 Å². The minimum absolute atomic E-state index is 0.0538. The number of phosphoric acid groups is 1. The van der Waals surface area contributed by atoms with Crippen molar-refractivity contribution in [3.8, 4) is 5.75 Å². The molecule has 7 nitrogen and oxygen atoms in total. The first kappa shape index (κ1) is 32.7. The first-order valence-corrected chi connectivity index (χ1v) is 16.0. The lowest BCUT2D eigenvalue weighted by Crippen LogP contribution is -2.24. The molecule has 2 N–H and O–H groups in total. The number of rotatable bonds is 24. The van der Waals surface area contributed by atoms with Crippen LogP contribution in [-0.2, 0) is 18.6 Å². The molecule has 0 aromatic heterocycles. The largest absolute Gasteiger partial charge is 0.487 e. The third-order valence-electron chi connectivity index (χ3n) is 6.59. The van der Waals surface area contributed by atoms with Crippen LogP contribution in [0.2, 0.25) is 0 Å². The standard InChI is InChI=1S/C30H49O7P/c1-2-3-4-5-6-7-8-9-10-11-12-13-19-28(26-35-23-22-34-24-25-36-38(31,32)33)37-30-21-16-18-27-17-14-15-20-29(27)30/h14-18,20-21,28H,2-13,19,22-26H2,1H3,(H2,31,32,33). The summed E-state index contributed by atoms with van der Waals surface area (Å²) in [6.07, 6.45) is 16.7. The van der Waals surface area contributed by atoms with Gasteiger partial charge in [-0.2, -0.15) is 0 Å². The summed E-state index contributed by atoms with van der Waals surface area (Å²) in [5.41, 5.74) is 0. The smallest absolute Gasteiger partial charge is 0.469 e.